The molecular formula is C15H17ClN4O2S. The van der Waals surface area contributed by atoms with Crippen LogP contribution >= 0.6 is 23.4 Å². The van der Waals surface area contributed by atoms with Gasteiger partial charge in [-0.05, 0) is 38.0 Å². The number of aromatic nitrogens is 3. The molecule has 0 atom stereocenters. The lowest BCUT2D eigenvalue weighted by Crippen LogP contribution is -2.15. The van der Waals surface area contributed by atoms with E-state index >= 15 is 0 Å². The van der Waals surface area contributed by atoms with Gasteiger partial charge in [-0.25, -0.2) is 0 Å². The van der Waals surface area contributed by atoms with Gasteiger partial charge in [0, 0.05) is 11.1 Å². The van der Waals surface area contributed by atoms with E-state index in [0.717, 1.165) is 23.8 Å². The molecule has 0 unspecified atom stereocenters. The lowest BCUT2D eigenvalue weighted by molar-refractivity contribution is -0.113. The van der Waals surface area contributed by atoms with Crippen LogP contribution in [0.2, 0.25) is 5.02 Å². The summed E-state index contributed by atoms with van der Waals surface area (Å²) in [4.78, 5) is 12.2. The summed E-state index contributed by atoms with van der Waals surface area (Å²) in [6.45, 7) is 1.94. The minimum Gasteiger partial charge on any atom is -0.495 e. The molecule has 0 spiro atoms. The molecule has 0 bridgehead atoms. The Labute approximate surface area is 143 Å². The molecule has 3 rings (SSSR count). The van der Waals surface area contributed by atoms with E-state index in [1.54, 1.807) is 25.3 Å². The van der Waals surface area contributed by atoms with E-state index in [-0.39, 0.29) is 11.7 Å². The second kappa shape index (κ2) is 6.80. The molecule has 2 aromatic rings. The largest absolute Gasteiger partial charge is 0.495 e. The quantitative estimate of drug-likeness (QED) is 0.808. The molecule has 122 valence electrons. The van der Waals surface area contributed by atoms with E-state index in [1.165, 1.54) is 11.8 Å². The summed E-state index contributed by atoms with van der Waals surface area (Å²) < 4.78 is 7.33. The SMILES string of the molecule is COc1ccc(Cl)cc1NC(=O)CSc1nnc(C)n1C1CC1. The summed E-state index contributed by atoms with van der Waals surface area (Å²) in [6.07, 6.45) is 2.30. The summed E-state index contributed by atoms with van der Waals surface area (Å²) >= 11 is 7.35. The van der Waals surface area contributed by atoms with Crippen LogP contribution in [0.5, 0.6) is 5.75 Å². The number of thioether (sulfide) groups is 1. The van der Waals surface area contributed by atoms with Crippen LogP contribution < -0.4 is 10.1 Å². The number of amides is 1. The molecule has 1 amide bonds. The Bertz CT molecular complexity index is 730. The third kappa shape index (κ3) is 3.79. The van der Waals surface area contributed by atoms with E-state index in [9.17, 15) is 4.79 Å². The van der Waals surface area contributed by atoms with Gasteiger partial charge in [0.25, 0.3) is 0 Å². The summed E-state index contributed by atoms with van der Waals surface area (Å²) in [5.74, 6) is 1.58. The maximum atomic E-state index is 12.2. The summed E-state index contributed by atoms with van der Waals surface area (Å²) in [5, 5.41) is 12.4. The fraction of sp³-hybridized carbons (Fsp3) is 0.400. The number of benzene rings is 1. The zero-order valence-corrected chi connectivity index (χ0v) is 14.4. The predicted molar refractivity (Wildman–Crippen MR) is 90.4 cm³/mol. The second-order valence-corrected chi connectivity index (χ2v) is 6.69. The molecule has 1 saturated carbocycles. The molecule has 1 aromatic heterocycles. The van der Waals surface area contributed by atoms with Crippen LogP contribution in [0.15, 0.2) is 23.4 Å². The Morgan fingerprint density at radius 2 is 2.26 bits per heavy atom. The second-order valence-electron chi connectivity index (χ2n) is 5.31. The van der Waals surface area contributed by atoms with Crippen LogP contribution in [-0.2, 0) is 4.79 Å². The number of hydrogen-bond donors (Lipinski definition) is 1. The van der Waals surface area contributed by atoms with Crippen LogP contribution in [-0.4, -0.2) is 33.5 Å². The minimum atomic E-state index is -0.140. The van der Waals surface area contributed by atoms with Gasteiger partial charge in [-0.3, -0.25) is 4.79 Å². The lowest BCUT2D eigenvalue weighted by atomic mass is 10.3. The van der Waals surface area contributed by atoms with Crippen LogP contribution in [0.25, 0.3) is 0 Å². The van der Waals surface area contributed by atoms with E-state index in [2.05, 4.69) is 20.1 Å². The Kier molecular flexibility index (Phi) is 4.77. The van der Waals surface area contributed by atoms with Crippen LogP contribution in [0, 0.1) is 6.92 Å². The predicted octanol–water partition coefficient (Wildman–Crippen LogP) is 3.31. The number of nitrogens with one attached hydrogen (secondary N) is 1. The molecule has 0 radical (unpaired) electrons. The molecule has 0 aliphatic heterocycles. The monoisotopic (exact) mass is 352 g/mol. The van der Waals surface area contributed by atoms with Gasteiger partial charge < -0.3 is 14.6 Å². The van der Waals surface area contributed by atoms with Crippen molar-refractivity contribution in [2.24, 2.45) is 0 Å². The average Bonchev–Trinajstić information content (AvgIpc) is 3.29. The van der Waals surface area contributed by atoms with Gasteiger partial charge in [0.05, 0.1) is 18.6 Å². The van der Waals surface area contributed by atoms with Gasteiger partial charge in [-0.15, -0.1) is 10.2 Å². The Hall–Kier alpha value is -1.73. The van der Waals surface area contributed by atoms with Crippen molar-refractivity contribution in [2.75, 3.05) is 18.2 Å². The number of hydrogen-bond acceptors (Lipinski definition) is 5. The minimum absolute atomic E-state index is 0.140. The van der Waals surface area contributed by atoms with E-state index in [1.807, 2.05) is 6.92 Å². The maximum Gasteiger partial charge on any atom is 0.234 e. The molecule has 23 heavy (non-hydrogen) atoms. The van der Waals surface area contributed by atoms with E-state index < -0.39 is 0 Å². The fourth-order valence-corrected chi connectivity index (χ4v) is 3.32. The van der Waals surface area contributed by atoms with Gasteiger partial charge >= 0.3 is 0 Å². The molecule has 1 N–H and O–H groups in total. The first-order chi connectivity index (χ1) is 11.1. The summed E-state index contributed by atoms with van der Waals surface area (Å²) in [5.41, 5.74) is 0.561. The van der Waals surface area contributed by atoms with Gasteiger partial charge in [0.1, 0.15) is 11.6 Å². The molecule has 1 aromatic carbocycles. The number of nitrogens with zero attached hydrogens (tertiary/aromatic N) is 3. The third-order valence-electron chi connectivity index (χ3n) is 3.51. The molecule has 8 heteroatoms. The van der Waals surface area contributed by atoms with Crippen molar-refractivity contribution in [3.63, 3.8) is 0 Å². The topological polar surface area (TPSA) is 69.0 Å². The normalized spacial score (nSPS) is 13.9. The summed E-state index contributed by atoms with van der Waals surface area (Å²) in [6, 6.07) is 5.59. The third-order valence-corrected chi connectivity index (χ3v) is 4.69. The van der Waals surface area contributed by atoms with Gasteiger partial charge in [0.2, 0.25) is 5.91 Å². The highest BCUT2D eigenvalue weighted by molar-refractivity contribution is 7.99. The zero-order valence-electron chi connectivity index (χ0n) is 12.9. The number of ether oxygens (including phenoxy) is 1. The smallest absolute Gasteiger partial charge is 0.234 e. The number of carbonyl (C=O) groups is 1. The Morgan fingerprint density at radius 3 is 2.96 bits per heavy atom. The number of carbonyl (C=O) groups excluding carboxylic acids is 1. The Morgan fingerprint density at radius 1 is 1.48 bits per heavy atom. The highest BCUT2D eigenvalue weighted by Crippen LogP contribution is 2.38. The first-order valence-corrected chi connectivity index (χ1v) is 8.62. The van der Waals surface area contributed by atoms with Crippen molar-refractivity contribution in [2.45, 2.75) is 31.0 Å². The highest BCUT2D eigenvalue weighted by Gasteiger charge is 2.28. The Balaban J connectivity index is 1.63. The number of methoxy groups -OCH3 is 1. The van der Waals surface area contributed by atoms with Gasteiger partial charge in [-0.1, -0.05) is 23.4 Å². The highest BCUT2D eigenvalue weighted by atomic mass is 35.5. The van der Waals surface area contributed by atoms with Crippen LogP contribution in [0.3, 0.4) is 0 Å². The van der Waals surface area contributed by atoms with Crippen molar-refractivity contribution >= 4 is 35.0 Å². The summed E-state index contributed by atoms with van der Waals surface area (Å²) in [7, 11) is 1.55. The molecule has 1 heterocycles. The van der Waals surface area contributed by atoms with Crippen LogP contribution in [0.1, 0.15) is 24.7 Å². The zero-order chi connectivity index (χ0) is 16.4. The molecule has 1 aliphatic rings. The van der Waals surface area contributed by atoms with Gasteiger partial charge in [-0.2, -0.15) is 0 Å². The molecule has 6 nitrogen and oxygen atoms in total. The first-order valence-electron chi connectivity index (χ1n) is 7.26. The number of halogens is 1. The van der Waals surface area contributed by atoms with Gasteiger partial charge in [0.15, 0.2) is 5.16 Å². The first kappa shape index (κ1) is 16.1. The fourth-order valence-electron chi connectivity index (χ4n) is 2.30. The average molecular weight is 353 g/mol. The molecular weight excluding hydrogens is 336 g/mol. The van der Waals surface area contributed by atoms with Crippen molar-refractivity contribution in [3.8, 4) is 5.75 Å². The van der Waals surface area contributed by atoms with Crippen molar-refractivity contribution < 1.29 is 9.53 Å². The lowest BCUT2D eigenvalue weighted by Gasteiger charge is -2.10. The van der Waals surface area contributed by atoms with Crippen molar-refractivity contribution in [1.29, 1.82) is 0 Å². The maximum absolute atomic E-state index is 12.2. The van der Waals surface area contributed by atoms with E-state index in [0.29, 0.717) is 22.5 Å². The molecule has 1 fully saturated rings. The van der Waals surface area contributed by atoms with Crippen molar-refractivity contribution in [3.05, 3.63) is 29.0 Å². The number of anilines is 1. The number of aryl methyl sites for hydroxylation is 1. The van der Waals surface area contributed by atoms with E-state index in [4.69, 9.17) is 16.3 Å². The molecule has 0 saturated heterocycles. The molecule has 1 aliphatic carbocycles. The number of rotatable bonds is 6. The standard InChI is InChI=1S/C15H17ClN4O2S/c1-9-18-19-15(20(9)11-4-5-11)23-8-14(21)17-12-7-10(16)3-6-13(12)22-2/h3,6-7,11H,4-5,8H2,1-2H3,(H,17,21). The van der Waals surface area contributed by atoms with Crippen LogP contribution in [0.4, 0.5) is 5.69 Å². The van der Waals surface area contributed by atoms with Crippen molar-refractivity contribution in [1.82, 2.24) is 14.8 Å².